The maximum atomic E-state index is 12.1. The van der Waals surface area contributed by atoms with E-state index < -0.39 is 5.97 Å². The summed E-state index contributed by atoms with van der Waals surface area (Å²) in [5.74, 6) is -1.06. The average molecular weight is 289 g/mol. The summed E-state index contributed by atoms with van der Waals surface area (Å²) in [5, 5.41) is 8.81. The highest BCUT2D eigenvalue weighted by Gasteiger charge is 2.18. The van der Waals surface area contributed by atoms with Crippen molar-refractivity contribution >= 4 is 18.0 Å². The summed E-state index contributed by atoms with van der Waals surface area (Å²) in [6.45, 7) is 6.18. The maximum absolute atomic E-state index is 12.1. The van der Waals surface area contributed by atoms with E-state index in [1.54, 1.807) is 17.9 Å². The number of aryl methyl sites for hydroxylation is 1. The van der Waals surface area contributed by atoms with Crippen molar-refractivity contribution in [2.45, 2.75) is 39.7 Å². The number of nitrogens with zero attached hydrogens (tertiary/aromatic N) is 1. The van der Waals surface area contributed by atoms with Gasteiger partial charge in [0, 0.05) is 18.7 Å². The monoisotopic (exact) mass is 289 g/mol. The second-order valence-corrected chi connectivity index (χ2v) is 5.00. The SMILES string of the molecule is CCc1ccc(C=CC(=O)N(CC)C(C)CC(=O)O)cc1. The first-order valence-electron chi connectivity index (χ1n) is 7.27. The number of likely N-dealkylation sites (N-methyl/N-ethyl adjacent to an activating group) is 1. The molecule has 0 heterocycles. The fourth-order valence-electron chi connectivity index (χ4n) is 2.18. The van der Waals surface area contributed by atoms with Gasteiger partial charge in [-0.3, -0.25) is 9.59 Å². The molecule has 1 N–H and O–H groups in total. The molecule has 4 heteroatoms. The van der Waals surface area contributed by atoms with Gasteiger partial charge in [-0.25, -0.2) is 0 Å². The van der Waals surface area contributed by atoms with Crippen LogP contribution in [0.5, 0.6) is 0 Å². The van der Waals surface area contributed by atoms with Crippen molar-refractivity contribution in [3.05, 3.63) is 41.5 Å². The molecule has 0 saturated carbocycles. The zero-order valence-electron chi connectivity index (χ0n) is 12.9. The number of rotatable bonds is 7. The van der Waals surface area contributed by atoms with Gasteiger partial charge in [0.25, 0.3) is 0 Å². The van der Waals surface area contributed by atoms with Gasteiger partial charge in [0.1, 0.15) is 0 Å². The number of carboxylic acid groups (broad SMARTS) is 1. The van der Waals surface area contributed by atoms with E-state index in [0.717, 1.165) is 12.0 Å². The second-order valence-electron chi connectivity index (χ2n) is 5.00. The molecule has 0 spiro atoms. The van der Waals surface area contributed by atoms with Crippen molar-refractivity contribution in [2.24, 2.45) is 0 Å². The van der Waals surface area contributed by atoms with Crippen LogP contribution in [-0.2, 0) is 16.0 Å². The predicted octanol–water partition coefficient (Wildman–Crippen LogP) is 2.97. The lowest BCUT2D eigenvalue weighted by Crippen LogP contribution is -2.38. The second kappa shape index (κ2) is 8.25. The van der Waals surface area contributed by atoms with Gasteiger partial charge in [-0.2, -0.15) is 0 Å². The van der Waals surface area contributed by atoms with E-state index in [-0.39, 0.29) is 18.4 Å². The largest absolute Gasteiger partial charge is 0.481 e. The molecule has 1 atom stereocenters. The van der Waals surface area contributed by atoms with E-state index in [4.69, 9.17) is 5.11 Å². The Morgan fingerprint density at radius 2 is 1.86 bits per heavy atom. The highest BCUT2D eigenvalue weighted by atomic mass is 16.4. The normalized spacial score (nSPS) is 12.3. The Bertz CT molecular complexity index is 505. The van der Waals surface area contributed by atoms with E-state index in [9.17, 15) is 9.59 Å². The smallest absolute Gasteiger partial charge is 0.305 e. The quantitative estimate of drug-likeness (QED) is 0.785. The highest BCUT2D eigenvalue weighted by molar-refractivity contribution is 5.92. The van der Waals surface area contributed by atoms with Crippen molar-refractivity contribution in [1.82, 2.24) is 4.90 Å². The molecule has 0 saturated heterocycles. The minimum absolute atomic E-state index is 0.0430. The number of carbonyl (C=O) groups excluding carboxylic acids is 1. The van der Waals surface area contributed by atoms with E-state index >= 15 is 0 Å². The van der Waals surface area contributed by atoms with E-state index in [1.807, 2.05) is 31.2 Å². The number of amides is 1. The number of carboxylic acids is 1. The molecule has 0 aliphatic heterocycles. The lowest BCUT2D eigenvalue weighted by molar-refractivity contribution is -0.139. The molecule has 0 aliphatic rings. The van der Waals surface area contributed by atoms with Crippen LogP contribution < -0.4 is 0 Å². The summed E-state index contributed by atoms with van der Waals surface area (Å²) in [6, 6.07) is 7.70. The summed E-state index contributed by atoms with van der Waals surface area (Å²) in [5.41, 5.74) is 2.21. The number of hydrogen-bond donors (Lipinski definition) is 1. The Hall–Kier alpha value is -2.10. The molecule has 114 valence electrons. The van der Waals surface area contributed by atoms with Gasteiger partial charge < -0.3 is 10.0 Å². The number of carbonyl (C=O) groups is 2. The zero-order chi connectivity index (χ0) is 15.8. The summed E-state index contributed by atoms with van der Waals surface area (Å²) >= 11 is 0. The zero-order valence-corrected chi connectivity index (χ0v) is 12.9. The lowest BCUT2D eigenvalue weighted by Gasteiger charge is -2.25. The molecule has 1 unspecified atom stereocenters. The van der Waals surface area contributed by atoms with Crippen molar-refractivity contribution in [1.29, 1.82) is 0 Å². The Kier molecular flexibility index (Phi) is 6.66. The first-order valence-corrected chi connectivity index (χ1v) is 7.27. The van der Waals surface area contributed by atoms with Crippen LogP contribution in [0.25, 0.3) is 6.08 Å². The van der Waals surface area contributed by atoms with Crippen LogP contribution in [0.4, 0.5) is 0 Å². The molecule has 1 rings (SSSR count). The van der Waals surface area contributed by atoms with Crippen molar-refractivity contribution in [3.8, 4) is 0 Å². The minimum Gasteiger partial charge on any atom is -0.481 e. The van der Waals surface area contributed by atoms with Gasteiger partial charge in [-0.1, -0.05) is 31.2 Å². The Balaban J connectivity index is 2.71. The predicted molar refractivity (Wildman–Crippen MR) is 84.0 cm³/mol. The van der Waals surface area contributed by atoms with Crippen molar-refractivity contribution in [2.75, 3.05) is 6.54 Å². The molecule has 1 aromatic carbocycles. The minimum atomic E-state index is -0.895. The van der Waals surface area contributed by atoms with E-state index in [2.05, 4.69) is 6.92 Å². The molecular formula is C17H23NO3. The maximum Gasteiger partial charge on any atom is 0.305 e. The summed E-state index contributed by atoms with van der Waals surface area (Å²) in [4.78, 5) is 24.4. The van der Waals surface area contributed by atoms with Crippen LogP contribution in [0, 0.1) is 0 Å². The molecule has 0 bridgehead atoms. The van der Waals surface area contributed by atoms with Crippen LogP contribution in [0.1, 0.15) is 38.3 Å². The molecular weight excluding hydrogens is 266 g/mol. The first kappa shape index (κ1) is 17.0. The van der Waals surface area contributed by atoms with E-state index in [0.29, 0.717) is 6.54 Å². The van der Waals surface area contributed by atoms with Crippen LogP contribution in [-0.4, -0.2) is 34.5 Å². The van der Waals surface area contributed by atoms with Gasteiger partial charge in [0.05, 0.1) is 6.42 Å². The molecule has 1 amide bonds. The van der Waals surface area contributed by atoms with Gasteiger partial charge in [0.2, 0.25) is 5.91 Å². The standard InChI is InChI=1S/C17H23NO3/c1-4-14-6-8-15(9-7-14)10-11-16(19)18(5-2)13(3)12-17(20)21/h6-11,13H,4-5,12H2,1-3H3,(H,20,21). The van der Waals surface area contributed by atoms with Crippen LogP contribution in [0.15, 0.2) is 30.3 Å². The molecule has 0 aliphatic carbocycles. The molecule has 21 heavy (non-hydrogen) atoms. The molecule has 4 nitrogen and oxygen atoms in total. The molecule has 0 radical (unpaired) electrons. The third-order valence-electron chi connectivity index (χ3n) is 3.43. The topological polar surface area (TPSA) is 57.6 Å². The summed E-state index contributed by atoms with van der Waals surface area (Å²) in [7, 11) is 0. The Morgan fingerprint density at radius 1 is 1.24 bits per heavy atom. The molecule has 1 aromatic rings. The van der Waals surface area contributed by atoms with Gasteiger partial charge >= 0.3 is 5.97 Å². The third-order valence-corrected chi connectivity index (χ3v) is 3.43. The van der Waals surface area contributed by atoms with Crippen molar-refractivity contribution < 1.29 is 14.7 Å². The lowest BCUT2D eigenvalue weighted by atomic mass is 10.1. The molecule has 0 fully saturated rings. The number of hydrogen-bond acceptors (Lipinski definition) is 2. The van der Waals surface area contributed by atoms with E-state index in [1.165, 1.54) is 11.6 Å². The fraction of sp³-hybridized carbons (Fsp3) is 0.412. The average Bonchev–Trinajstić information content (AvgIpc) is 2.45. The number of benzene rings is 1. The van der Waals surface area contributed by atoms with Crippen molar-refractivity contribution in [3.63, 3.8) is 0 Å². The fourth-order valence-corrected chi connectivity index (χ4v) is 2.18. The Labute approximate surface area is 126 Å². The van der Waals surface area contributed by atoms with Crippen LogP contribution in [0.2, 0.25) is 0 Å². The highest BCUT2D eigenvalue weighted by Crippen LogP contribution is 2.09. The molecule has 0 aromatic heterocycles. The first-order chi connectivity index (χ1) is 9.97. The summed E-state index contributed by atoms with van der Waals surface area (Å²) in [6.07, 6.45) is 4.21. The van der Waals surface area contributed by atoms with Gasteiger partial charge in [0.15, 0.2) is 0 Å². The van der Waals surface area contributed by atoms with Gasteiger partial charge in [-0.15, -0.1) is 0 Å². The summed E-state index contributed by atoms with van der Waals surface area (Å²) < 4.78 is 0. The van der Waals surface area contributed by atoms with Crippen LogP contribution >= 0.6 is 0 Å². The number of aliphatic carboxylic acids is 1. The Morgan fingerprint density at radius 3 is 2.33 bits per heavy atom. The van der Waals surface area contributed by atoms with Crippen LogP contribution in [0.3, 0.4) is 0 Å². The van der Waals surface area contributed by atoms with Gasteiger partial charge in [-0.05, 0) is 37.5 Å². The third kappa shape index (κ3) is 5.42.